The Morgan fingerprint density at radius 2 is 1.64 bits per heavy atom. The Morgan fingerprint density at radius 3 is 2.32 bits per heavy atom. The minimum Gasteiger partial charge on any atom is -0.497 e. The number of anilines is 4. The summed E-state index contributed by atoms with van der Waals surface area (Å²) in [6.07, 6.45) is 3.61. The van der Waals surface area contributed by atoms with Crippen LogP contribution in [0, 0.1) is 0 Å². The van der Waals surface area contributed by atoms with Gasteiger partial charge in [0, 0.05) is 35.1 Å². The number of hydrogen-bond acceptors (Lipinski definition) is 6. The zero-order valence-electron chi connectivity index (χ0n) is 15.5. The van der Waals surface area contributed by atoms with Crippen molar-refractivity contribution in [1.82, 2.24) is 15.3 Å². The van der Waals surface area contributed by atoms with Crippen LogP contribution in [0.1, 0.15) is 23.2 Å². The molecule has 3 N–H and O–H groups in total. The number of hydrogen-bond donors (Lipinski definition) is 3. The fourth-order valence-electron chi connectivity index (χ4n) is 2.73. The number of aromatic nitrogens is 2. The third-order valence-corrected chi connectivity index (χ3v) is 4.32. The van der Waals surface area contributed by atoms with Crippen LogP contribution < -0.4 is 20.7 Å². The first-order valence-electron chi connectivity index (χ1n) is 9.11. The second-order valence-corrected chi connectivity index (χ2v) is 6.60. The van der Waals surface area contributed by atoms with Crippen molar-refractivity contribution in [1.29, 1.82) is 0 Å². The number of nitrogens with zero attached hydrogens (tertiary/aromatic N) is 2. The van der Waals surface area contributed by atoms with Crippen LogP contribution in [0.5, 0.6) is 5.75 Å². The Hall–Kier alpha value is -3.61. The van der Waals surface area contributed by atoms with Gasteiger partial charge in [-0.1, -0.05) is 12.1 Å². The van der Waals surface area contributed by atoms with Gasteiger partial charge in [0.25, 0.3) is 5.91 Å². The second kappa shape index (κ2) is 7.96. The fraction of sp³-hybridized carbons (Fsp3) is 0.190. The molecule has 2 aromatic carbocycles. The number of ether oxygens (including phenoxy) is 1. The number of carbonyl (C=O) groups excluding carboxylic acids is 1. The average Bonchev–Trinajstić information content (AvgIpc) is 3.52. The minimum atomic E-state index is -0.0470. The van der Waals surface area contributed by atoms with Crippen LogP contribution in [0.3, 0.4) is 0 Å². The highest BCUT2D eigenvalue weighted by Crippen LogP contribution is 2.23. The van der Waals surface area contributed by atoms with Gasteiger partial charge in [-0.25, -0.2) is 9.97 Å². The van der Waals surface area contributed by atoms with Gasteiger partial charge in [-0.05, 0) is 43.2 Å². The molecule has 0 atom stereocenters. The van der Waals surface area contributed by atoms with Crippen LogP contribution in [0.4, 0.5) is 23.0 Å². The molecule has 0 unspecified atom stereocenters. The van der Waals surface area contributed by atoms with E-state index in [2.05, 4.69) is 25.9 Å². The normalized spacial score (nSPS) is 12.9. The molecule has 1 aliphatic carbocycles. The van der Waals surface area contributed by atoms with Gasteiger partial charge >= 0.3 is 0 Å². The Labute approximate surface area is 163 Å². The lowest BCUT2D eigenvalue weighted by molar-refractivity contribution is 0.0951. The summed E-state index contributed by atoms with van der Waals surface area (Å²) in [5, 5.41) is 9.44. The first kappa shape index (κ1) is 17.8. The molecule has 28 heavy (non-hydrogen) atoms. The summed E-state index contributed by atoms with van der Waals surface area (Å²) < 4.78 is 5.24. The number of benzene rings is 2. The average molecular weight is 375 g/mol. The fourth-order valence-corrected chi connectivity index (χ4v) is 2.73. The second-order valence-electron chi connectivity index (χ2n) is 6.60. The molecule has 1 amide bonds. The number of methoxy groups -OCH3 is 1. The lowest BCUT2D eigenvalue weighted by atomic mass is 10.2. The third-order valence-electron chi connectivity index (χ3n) is 4.32. The summed E-state index contributed by atoms with van der Waals surface area (Å²) in [5.74, 6) is 1.99. The van der Waals surface area contributed by atoms with Gasteiger partial charge in [0.1, 0.15) is 23.7 Å². The summed E-state index contributed by atoms with van der Waals surface area (Å²) in [5.41, 5.74) is 2.28. The van der Waals surface area contributed by atoms with E-state index in [4.69, 9.17) is 4.74 Å². The molecular formula is C21H21N5O2. The maximum atomic E-state index is 12.2. The summed E-state index contributed by atoms with van der Waals surface area (Å²) in [7, 11) is 1.63. The van der Waals surface area contributed by atoms with Gasteiger partial charge < -0.3 is 20.7 Å². The Balaban J connectivity index is 1.46. The number of rotatable bonds is 7. The summed E-state index contributed by atoms with van der Waals surface area (Å²) in [4.78, 5) is 20.7. The molecule has 0 aliphatic heterocycles. The van der Waals surface area contributed by atoms with Gasteiger partial charge in [0.2, 0.25) is 0 Å². The van der Waals surface area contributed by atoms with Crippen molar-refractivity contribution in [2.75, 3.05) is 17.7 Å². The van der Waals surface area contributed by atoms with E-state index in [0.717, 1.165) is 30.0 Å². The minimum absolute atomic E-state index is 0.0470. The van der Waals surface area contributed by atoms with E-state index < -0.39 is 0 Å². The van der Waals surface area contributed by atoms with Crippen molar-refractivity contribution < 1.29 is 9.53 Å². The zero-order chi connectivity index (χ0) is 19.3. The van der Waals surface area contributed by atoms with Gasteiger partial charge in [-0.3, -0.25) is 4.79 Å². The van der Waals surface area contributed by atoms with Crippen LogP contribution in [-0.4, -0.2) is 29.0 Å². The summed E-state index contributed by atoms with van der Waals surface area (Å²) in [6.45, 7) is 0. The van der Waals surface area contributed by atoms with E-state index in [-0.39, 0.29) is 5.91 Å². The quantitative estimate of drug-likeness (QED) is 0.581. The molecule has 7 nitrogen and oxygen atoms in total. The van der Waals surface area contributed by atoms with Crippen LogP contribution >= 0.6 is 0 Å². The Morgan fingerprint density at radius 1 is 0.964 bits per heavy atom. The van der Waals surface area contributed by atoms with Crippen molar-refractivity contribution in [2.24, 2.45) is 0 Å². The van der Waals surface area contributed by atoms with E-state index >= 15 is 0 Å². The standard InChI is InChI=1S/C21H21N5O2/c1-28-18-7-3-6-17(11-18)25-20-12-19(22-13-23-20)24-16-5-2-4-14(10-16)21(27)26-15-8-9-15/h2-7,10-13,15H,8-9H2,1H3,(H,26,27)(H2,22,23,24,25). The maximum Gasteiger partial charge on any atom is 0.251 e. The van der Waals surface area contributed by atoms with E-state index in [1.165, 1.54) is 6.33 Å². The zero-order valence-corrected chi connectivity index (χ0v) is 15.5. The van der Waals surface area contributed by atoms with Crippen LogP contribution in [0.2, 0.25) is 0 Å². The van der Waals surface area contributed by atoms with E-state index in [9.17, 15) is 4.79 Å². The predicted molar refractivity (Wildman–Crippen MR) is 109 cm³/mol. The van der Waals surface area contributed by atoms with Gasteiger partial charge in [-0.15, -0.1) is 0 Å². The summed E-state index contributed by atoms with van der Waals surface area (Å²) >= 11 is 0. The molecule has 4 rings (SSSR count). The Kier molecular flexibility index (Phi) is 5.05. The lowest BCUT2D eigenvalue weighted by Crippen LogP contribution is -2.25. The Bertz CT molecular complexity index is 988. The first-order chi connectivity index (χ1) is 13.7. The molecule has 1 fully saturated rings. The predicted octanol–water partition coefficient (Wildman–Crippen LogP) is 3.86. The third kappa shape index (κ3) is 4.56. The molecule has 1 saturated carbocycles. The highest BCUT2D eigenvalue weighted by Gasteiger charge is 2.23. The van der Waals surface area contributed by atoms with Crippen molar-refractivity contribution >= 4 is 28.9 Å². The largest absolute Gasteiger partial charge is 0.497 e. The van der Waals surface area contributed by atoms with Gasteiger partial charge in [0.05, 0.1) is 7.11 Å². The SMILES string of the molecule is COc1cccc(Nc2cc(Nc3cccc(C(=O)NC4CC4)c3)ncn2)c1. The van der Waals surface area contributed by atoms with E-state index in [1.807, 2.05) is 42.5 Å². The lowest BCUT2D eigenvalue weighted by Gasteiger charge is -2.10. The molecule has 7 heteroatoms. The van der Waals surface area contributed by atoms with E-state index in [1.54, 1.807) is 19.2 Å². The molecule has 0 spiro atoms. The molecule has 1 heterocycles. The van der Waals surface area contributed by atoms with Crippen LogP contribution in [-0.2, 0) is 0 Å². The molecule has 0 bridgehead atoms. The van der Waals surface area contributed by atoms with Crippen molar-refractivity contribution in [3.63, 3.8) is 0 Å². The monoisotopic (exact) mass is 375 g/mol. The molecule has 142 valence electrons. The van der Waals surface area contributed by atoms with Gasteiger partial charge in [0.15, 0.2) is 0 Å². The van der Waals surface area contributed by atoms with Crippen LogP contribution in [0.25, 0.3) is 0 Å². The molecule has 1 aromatic heterocycles. The highest BCUT2D eigenvalue weighted by atomic mass is 16.5. The molecule has 0 radical (unpaired) electrons. The number of amides is 1. The topological polar surface area (TPSA) is 88.2 Å². The maximum absolute atomic E-state index is 12.2. The van der Waals surface area contributed by atoms with E-state index in [0.29, 0.717) is 23.2 Å². The first-order valence-corrected chi connectivity index (χ1v) is 9.11. The number of nitrogens with one attached hydrogen (secondary N) is 3. The molecule has 1 aliphatic rings. The van der Waals surface area contributed by atoms with Gasteiger partial charge in [-0.2, -0.15) is 0 Å². The molecular weight excluding hydrogens is 354 g/mol. The van der Waals surface area contributed by atoms with Crippen molar-refractivity contribution in [3.8, 4) is 5.75 Å². The number of carbonyl (C=O) groups is 1. The smallest absolute Gasteiger partial charge is 0.251 e. The summed E-state index contributed by atoms with van der Waals surface area (Å²) in [6, 6.07) is 17.1. The molecule has 0 saturated heterocycles. The van der Waals surface area contributed by atoms with Crippen molar-refractivity contribution in [3.05, 3.63) is 66.5 Å². The van der Waals surface area contributed by atoms with Crippen molar-refractivity contribution in [2.45, 2.75) is 18.9 Å². The van der Waals surface area contributed by atoms with Crippen LogP contribution in [0.15, 0.2) is 60.9 Å². The molecule has 3 aromatic rings. The highest BCUT2D eigenvalue weighted by molar-refractivity contribution is 5.95.